The average molecular weight is 362 g/mol. The zero-order valence-corrected chi connectivity index (χ0v) is 14.9. The molecule has 0 aromatic heterocycles. The van der Waals surface area contributed by atoms with Crippen LogP contribution in [0.15, 0.2) is 18.2 Å². The highest BCUT2D eigenvalue weighted by atomic mass is 16.5. The van der Waals surface area contributed by atoms with Gasteiger partial charge in [-0.2, -0.15) is 0 Å². The molecular weight excluding hydrogens is 340 g/mol. The van der Waals surface area contributed by atoms with Gasteiger partial charge in [-0.3, -0.25) is 19.3 Å². The molecule has 2 rings (SSSR count). The molecule has 8 heteroatoms. The third-order valence-corrected chi connectivity index (χ3v) is 4.09. The van der Waals surface area contributed by atoms with Crippen LogP contribution in [-0.4, -0.2) is 47.4 Å². The van der Waals surface area contributed by atoms with Crippen molar-refractivity contribution in [3.63, 3.8) is 0 Å². The highest BCUT2D eigenvalue weighted by molar-refractivity contribution is 6.05. The van der Waals surface area contributed by atoms with Crippen molar-refractivity contribution in [1.29, 1.82) is 0 Å². The predicted molar refractivity (Wildman–Crippen MR) is 93.4 cm³/mol. The van der Waals surface area contributed by atoms with E-state index in [4.69, 9.17) is 9.84 Å². The number of fused-ring (bicyclic) bond motifs is 1. The van der Waals surface area contributed by atoms with Crippen molar-refractivity contribution in [3.8, 4) is 5.75 Å². The smallest absolute Gasteiger partial charge is 0.326 e. The number of benzene rings is 1. The highest BCUT2D eigenvalue weighted by Crippen LogP contribution is 2.34. The van der Waals surface area contributed by atoms with Crippen molar-refractivity contribution < 1.29 is 29.0 Å². The van der Waals surface area contributed by atoms with E-state index < -0.39 is 29.9 Å². The lowest BCUT2D eigenvalue weighted by Crippen LogP contribution is -2.51. The number of carbonyl (C=O) groups excluding carboxylic acids is 3. The number of aliphatic carboxylic acids is 1. The summed E-state index contributed by atoms with van der Waals surface area (Å²) in [6.45, 7) is 4.42. The molecule has 26 heavy (non-hydrogen) atoms. The first-order valence-electron chi connectivity index (χ1n) is 8.39. The molecule has 0 bridgehead atoms. The van der Waals surface area contributed by atoms with Crippen molar-refractivity contribution in [2.45, 2.75) is 45.8 Å². The Morgan fingerprint density at radius 1 is 1.35 bits per heavy atom. The van der Waals surface area contributed by atoms with E-state index in [1.54, 1.807) is 19.1 Å². The largest absolute Gasteiger partial charge is 0.480 e. The van der Waals surface area contributed by atoms with Crippen LogP contribution in [0, 0.1) is 0 Å². The number of amides is 2. The molecule has 0 radical (unpaired) electrons. The number of carboxylic acid groups (broad SMARTS) is 1. The molecule has 0 spiro atoms. The minimum atomic E-state index is -1.12. The van der Waals surface area contributed by atoms with E-state index in [9.17, 15) is 19.2 Å². The number of hydrogen-bond donors (Lipinski definition) is 2. The maximum absolute atomic E-state index is 12.5. The summed E-state index contributed by atoms with van der Waals surface area (Å²) in [6.07, 6.45) is 0.0965. The second-order valence-corrected chi connectivity index (χ2v) is 6.17. The Bertz CT molecular complexity index is 745. The molecule has 2 atom stereocenters. The summed E-state index contributed by atoms with van der Waals surface area (Å²) < 4.78 is 5.52. The fourth-order valence-electron chi connectivity index (χ4n) is 2.72. The van der Waals surface area contributed by atoms with Crippen molar-refractivity contribution in [1.82, 2.24) is 5.32 Å². The zero-order chi connectivity index (χ0) is 19.4. The molecule has 1 aliphatic rings. The first-order valence-corrected chi connectivity index (χ1v) is 8.39. The van der Waals surface area contributed by atoms with Gasteiger partial charge in [0, 0.05) is 5.56 Å². The van der Waals surface area contributed by atoms with Gasteiger partial charge in [-0.1, -0.05) is 13.3 Å². The van der Waals surface area contributed by atoms with Gasteiger partial charge >= 0.3 is 5.97 Å². The van der Waals surface area contributed by atoms with Gasteiger partial charge in [-0.15, -0.1) is 0 Å². The molecule has 140 valence electrons. The van der Waals surface area contributed by atoms with Gasteiger partial charge in [0.25, 0.3) is 5.91 Å². The molecule has 2 unspecified atom stereocenters. The fourth-order valence-corrected chi connectivity index (χ4v) is 2.72. The van der Waals surface area contributed by atoms with Crippen LogP contribution in [0.5, 0.6) is 5.75 Å². The maximum atomic E-state index is 12.5. The summed E-state index contributed by atoms with van der Waals surface area (Å²) in [5.41, 5.74) is 0.702. The Balaban J connectivity index is 2.26. The van der Waals surface area contributed by atoms with Crippen LogP contribution in [0.2, 0.25) is 0 Å². The Morgan fingerprint density at radius 3 is 2.62 bits per heavy atom. The summed E-state index contributed by atoms with van der Waals surface area (Å²) in [4.78, 5) is 48.8. The number of nitrogens with zero attached hydrogens (tertiary/aromatic N) is 1. The third-order valence-electron chi connectivity index (χ3n) is 4.09. The van der Waals surface area contributed by atoms with E-state index in [2.05, 4.69) is 5.32 Å². The Morgan fingerprint density at radius 2 is 2.04 bits per heavy atom. The van der Waals surface area contributed by atoms with E-state index in [0.717, 1.165) is 0 Å². The SMILES string of the molecule is CCCC(NC(=O)CN1C(=O)C(C)Oc2ccc(C(C)=O)cc21)C(=O)O. The van der Waals surface area contributed by atoms with E-state index in [-0.39, 0.29) is 12.3 Å². The number of anilines is 1. The van der Waals surface area contributed by atoms with Crippen LogP contribution >= 0.6 is 0 Å². The Kier molecular flexibility index (Phi) is 5.97. The molecule has 1 aromatic carbocycles. The lowest BCUT2D eigenvalue weighted by Gasteiger charge is -2.33. The molecular formula is C18H22N2O6. The second-order valence-electron chi connectivity index (χ2n) is 6.17. The number of nitrogens with one attached hydrogen (secondary N) is 1. The molecule has 1 aliphatic heterocycles. The molecule has 0 fully saturated rings. The molecule has 0 saturated heterocycles. The average Bonchev–Trinajstić information content (AvgIpc) is 2.58. The van der Waals surface area contributed by atoms with Crippen molar-refractivity contribution >= 4 is 29.3 Å². The second kappa shape index (κ2) is 7.99. The normalized spacial score (nSPS) is 17.1. The maximum Gasteiger partial charge on any atom is 0.326 e. The van der Waals surface area contributed by atoms with Gasteiger partial charge in [0.15, 0.2) is 11.9 Å². The van der Waals surface area contributed by atoms with Crippen LogP contribution in [0.25, 0.3) is 0 Å². The summed E-state index contributed by atoms with van der Waals surface area (Å²) in [5.74, 6) is -1.94. The van der Waals surface area contributed by atoms with Crippen molar-refractivity contribution in [3.05, 3.63) is 23.8 Å². The van der Waals surface area contributed by atoms with Gasteiger partial charge in [0.2, 0.25) is 5.91 Å². The number of rotatable bonds is 7. The quantitative estimate of drug-likeness (QED) is 0.709. The summed E-state index contributed by atoms with van der Waals surface area (Å²) in [5, 5.41) is 11.6. The highest BCUT2D eigenvalue weighted by Gasteiger charge is 2.33. The predicted octanol–water partition coefficient (Wildman–Crippen LogP) is 1.37. The van der Waals surface area contributed by atoms with Crippen molar-refractivity contribution in [2.75, 3.05) is 11.4 Å². The molecule has 8 nitrogen and oxygen atoms in total. The van der Waals surface area contributed by atoms with E-state index in [1.165, 1.54) is 17.9 Å². The first-order chi connectivity index (χ1) is 12.2. The molecule has 1 aromatic rings. The molecule has 2 N–H and O–H groups in total. The molecule has 2 amide bonds. The standard InChI is InChI=1S/C18H22N2O6/c1-4-5-13(18(24)25)19-16(22)9-20-14-8-12(10(2)21)6-7-15(14)26-11(3)17(20)23/h6-8,11,13H,4-5,9H2,1-3H3,(H,19,22)(H,24,25). The molecule has 0 aliphatic carbocycles. The molecule has 1 heterocycles. The zero-order valence-electron chi connectivity index (χ0n) is 14.9. The number of Topliss-reactive ketones (excluding diaryl/α,β-unsaturated/α-hetero) is 1. The first kappa shape index (κ1) is 19.4. The van der Waals surface area contributed by atoms with Gasteiger partial charge in [0.1, 0.15) is 18.3 Å². The van der Waals surface area contributed by atoms with E-state index in [1.807, 2.05) is 6.92 Å². The number of ether oxygens (including phenoxy) is 1. The number of ketones is 1. The minimum Gasteiger partial charge on any atom is -0.480 e. The fraction of sp³-hybridized carbons (Fsp3) is 0.444. The lowest BCUT2D eigenvalue weighted by atomic mass is 10.1. The van der Waals surface area contributed by atoms with Crippen LogP contribution in [0.4, 0.5) is 5.69 Å². The van der Waals surface area contributed by atoms with Crippen LogP contribution in [0.1, 0.15) is 44.0 Å². The van der Waals surface area contributed by atoms with Crippen molar-refractivity contribution in [2.24, 2.45) is 0 Å². The van der Waals surface area contributed by atoms with Crippen LogP contribution < -0.4 is 15.0 Å². The molecule has 0 saturated carbocycles. The lowest BCUT2D eigenvalue weighted by molar-refractivity contribution is -0.141. The van der Waals surface area contributed by atoms with Gasteiger partial charge in [0.05, 0.1) is 5.69 Å². The number of hydrogen-bond acceptors (Lipinski definition) is 5. The monoisotopic (exact) mass is 362 g/mol. The summed E-state index contributed by atoms with van der Waals surface area (Å²) in [7, 11) is 0. The van der Waals surface area contributed by atoms with Gasteiger partial charge in [-0.05, 0) is 38.5 Å². The summed E-state index contributed by atoms with van der Waals surface area (Å²) >= 11 is 0. The number of carboxylic acids is 1. The van der Waals surface area contributed by atoms with E-state index >= 15 is 0 Å². The Hall–Kier alpha value is -2.90. The topological polar surface area (TPSA) is 113 Å². The summed E-state index contributed by atoms with van der Waals surface area (Å²) in [6, 6.07) is 3.65. The van der Waals surface area contributed by atoms with Gasteiger partial charge < -0.3 is 15.2 Å². The third kappa shape index (κ3) is 4.19. The van der Waals surface area contributed by atoms with Crippen LogP contribution in [0.3, 0.4) is 0 Å². The minimum absolute atomic E-state index is 0.183. The van der Waals surface area contributed by atoms with Crippen LogP contribution in [-0.2, 0) is 14.4 Å². The Labute approximate surface area is 151 Å². The van der Waals surface area contributed by atoms with Gasteiger partial charge in [-0.25, -0.2) is 4.79 Å². The number of carbonyl (C=O) groups is 4. The van der Waals surface area contributed by atoms with E-state index in [0.29, 0.717) is 29.8 Å².